The second-order valence-electron chi connectivity index (χ2n) is 2.74. The van der Waals surface area contributed by atoms with Gasteiger partial charge in [0, 0.05) is 11.3 Å². The topological polar surface area (TPSA) is 51.6 Å². The molecular formula is C8H6Cl5N2S+. The van der Waals surface area contributed by atoms with Crippen LogP contribution < -0.4 is 11.1 Å². The maximum absolute atomic E-state index is 6.00. The Hall–Kier alpha value is 0.490. The first-order valence-corrected chi connectivity index (χ1v) is 6.74. The third kappa shape index (κ3) is 3.03. The fraction of sp³-hybridized carbons (Fsp3) is 0.125. The van der Waals surface area contributed by atoms with Gasteiger partial charge >= 0.3 is 0 Å². The second kappa shape index (κ2) is 5.89. The van der Waals surface area contributed by atoms with E-state index in [-0.39, 0.29) is 30.3 Å². The van der Waals surface area contributed by atoms with Crippen molar-refractivity contribution >= 4 is 74.9 Å². The summed E-state index contributed by atoms with van der Waals surface area (Å²) in [4.78, 5) is 0. The van der Waals surface area contributed by atoms with E-state index in [1.54, 1.807) is 0 Å². The van der Waals surface area contributed by atoms with Gasteiger partial charge in [0.2, 0.25) is 0 Å². The van der Waals surface area contributed by atoms with Gasteiger partial charge in [-0.05, 0) is 11.8 Å². The lowest BCUT2D eigenvalue weighted by atomic mass is 10.2. The highest BCUT2D eigenvalue weighted by molar-refractivity contribution is 8.12. The Labute approximate surface area is 122 Å². The molecule has 0 unspecified atom stereocenters. The van der Waals surface area contributed by atoms with Crippen molar-refractivity contribution in [3.63, 3.8) is 0 Å². The van der Waals surface area contributed by atoms with Gasteiger partial charge in [0.05, 0.1) is 25.1 Å². The van der Waals surface area contributed by atoms with Gasteiger partial charge in [-0.25, -0.2) is 0 Å². The predicted octanol–water partition coefficient (Wildman–Crippen LogP) is 3.26. The maximum atomic E-state index is 6.00. The fourth-order valence-corrected chi connectivity index (χ4v) is 3.00. The second-order valence-corrected chi connectivity index (χ2v) is 5.68. The van der Waals surface area contributed by atoms with Crippen LogP contribution in [0.15, 0.2) is 0 Å². The van der Waals surface area contributed by atoms with Crippen LogP contribution in [-0.4, -0.2) is 5.17 Å². The summed E-state index contributed by atoms with van der Waals surface area (Å²) in [5.74, 6) is 0.372. The minimum atomic E-state index is 0.136. The van der Waals surface area contributed by atoms with E-state index in [0.717, 1.165) is 0 Å². The number of amidine groups is 1. The van der Waals surface area contributed by atoms with Crippen LogP contribution in [0.4, 0.5) is 0 Å². The average Bonchev–Trinajstić information content (AvgIpc) is 2.23. The van der Waals surface area contributed by atoms with E-state index in [0.29, 0.717) is 11.3 Å². The van der Waals surface area contributed by atoms with Crippen LogP contribution in [0.25, 0.3) is 0 Å². The molecule has 0 atom stereocenters. The van der Waals surface area contributed by atoms with Crippen LogP contribution in [-0.2, 0) is 5.75 Å². The monoisotopic (exact) mass is 337 g/mol. The van der Waals surface area contributed by atoms with Gasteiger partial charge in [-0.3, -0.25) is 11.1 Å². The lowest BCUT2D eigenvalue weighted by molar-refractivity contribution is -0.110. The van der Waals surface area contributed by atoms with E-state index >= 15 is 0 Å². The molecule has 1 rings (SSSR count). The molecule has 88 valence electrons. The third-order valence-electron chi connectivity index (χ3n) is 1.68. The van der Waals surface area contributed by atoms with E-state index in [1.165, 1.54) is 11.8 Å². The highest BCUT2D eigenvalue weighted by Gasteiger charge is 2.19. The molecule has 0 amide bonds. The molecule has 0 bridgehead atoms. The predicted molar refractivity (Wildman–Crippen MR) is 73.9 cm³/mol. The van der Waals surface area contributed by atoms with Gasteiger partial charge in [0.1, 0.15) is 0 Å². The summed E-state index contributed by atoms with van der Waals surface area (Å²) in [5.41, 5.74) is 5.88. The molecule has 16 heavy (non-hydrogen) atoms. The minimum Gasteiger partial charge on any atom is -0.282 e. The zero-order chi connectivity index (χ0) is 12.5. The van der Waals surface area contributed by atoms with Crippen LogP contribution >= 0.6 is 69.8 Å². The number of nitrogens with two attached hydrogens (primary N) is 2. The molecule has 0 radical (unpaired) electrons. The summed E-state index contributed by atoms with van der Waals surface area (Å²) in [7, 11) is 0. The fourth-order valence-electron chi connectivity index (χ4n) is 0.933. The van der Waals surface area contributed by atoms with Gasteiger partial charge in [0.25, 0.3) is 5.17 Å². The first kappa shape index (κ1) is 14.6. The van der Waals surface area contributed by atoms with Gasteiger partial charge < -0.3 is 0 Å². The molecule has 0 saturated heterocycles. The highest BCUT2D eigenvalue weighted by Crippen LogP contribution is 2.44. The Morgan fingerprint density at radius 3 is 1.69 bits per heavy atom. The molecule has 0 aliphatic rings. The van der Waals surface area contributed by atoms with Crippen LogP contribution in [0, 0.1) is 0 Å². The lowest BCUT2D eigenvalue weighted by Crippen LogP contribution is -2.43. The van der Waals surface area contributed by atoms with Gasteiger partial charge in [-0.2, -0.15) is 0 Å². The van der Waals surface area contributed by atoms with Crippen molar-refractivity contribution < 1.29 is 5.41 Å². The number of hydrogen-bond donors (Lipinski definition) is 2. The lowest BCUT2D eigenvalue weighted by Gasteiger charge is -2.10. The number of benzene rings is 1. The van der Waals surface area contributed by atoms with E-state index < -0.39 is 0 Å². The SMILES string of the molecule is NC(=[NH2+])SCc1c(Cl)c(Cl)c(Cl)c(Cl)c1Cl. The molecular weight excluding hydrogens is 333 g/mol. The molecule has 1 aromatic carbocycles. The van der Waals surface area contributed by atoms with Crippen molar-refractivity contribution in [3.05, 3.63) is 30.7 Å². The number of rotatable bonds is 2. The van der Waals surface area contributed by atoms with E-state index in [4.69, 9.17) is 69.1 Å². The molecule has 0 aliphatic heterocycles. The summed E-state index contributed by atoms with van der Waals surface area (Å²) in [6, 6.07) is 0. The molecule has 4 N–H and O–H groups in total. The smallest absolute Gasteiger partial charge is 0.282 e. The first-order valence-electron chi connectivity index (χ1n) is 3.87. The number of hydrogen-bond acceptors (Lipinski definition) is 1. The summed E-state index contributed by atoms with van der Waals surface area (Å²) < 4.78 is 0. The minimum absolute atomic E-state index is 0.136. The molecule has 0 aromatic heterocycles. The molecule has 0 saturated carbocycles. The van der Waals surface area contributed by atoms with Crippen molar-refractivity contribution in [2.24, 2.45) is 5.73 Å². The first-order chi connectivity index (χ1) is 7.36. The Morgan fingerprint density at radius 2 is 1.31 bits per heavy atom. The molecule has 0 fully saturated rings. The Morgan fingerprint density at radius 1 is 0.938 bits per heavy atom. The molecule has 0 aliphatic carbocycles. The van der Waals surface area contributed by atoms with Crippen LogP contribution in [0.1, 0.15) is 5.56 Å². The quantitative estimate of drug-likeness (QED) is 0.376. The highest BCUT2D eigenvalue weighted by atomic mass is 35.5. The van der Waals surface area contributed by atoms with Crippen LogP contribution in [0.2, 0.25) is 25.1 Å². The number of halogens is 5. The normalized spacial score (nSPS) is 10.6. The van der Waals surface area contributed by atoms with Crippen LogP contribution in [0.3, 0.4) is 0 Å². The summed E-state index contributed by atoms with van der Waals surface area (Å²) in [6.07, 6.45) is 0. The van der Waals surface area contributed by atoms with Crippen LogP contribution in [0.5, 0.6) is 0 Å². The average molecular weight is 339 g/mol. The molecule has 0 spiro atoms. The largest absolute Gasteiger partial charge is 0.300 e. The summed E-state index contributed by atoms with van der Waals surface area (Å²) in [6.45, 7) is 0. The van der Waals surface area contributed by atoms with E-state index in [1.807, 2.05) is 0 Å². The van der Waals surface area contributed by atoms with Gasteiger partial charge in [0.15, 0.2) is 0 Å². The van der Waals surface area contributed by atoms with Gasteiger partial charge in [-0.1, -0.05) is 58.0 Å². The zero-order valence-corrected chi connectivity index (χ0v) is 12.3. The Kier molecular flexibility index (Phi) is 5.36. The van der Waals surface area contributed by atoms with Crippen molar-refractivity contribution in [1.29, 1.82) is 0 Å². The van der Waals surface area contributed by atoms with Crippen molar-refractivity contribution in [2.75, 3.05) is 0 Å². The van der Waals surface area contributed by atoms with Crippen molar-refractivity contribution in [3.8, 4) is 0 Å². The standard InChI is InChI=1S/C8H5Cl5N2S/c9-3-2(1-16-8(14)15)4(10)6(12)7(13)5(3)11/h1H2,(H3,14,15)/p+1. The summed E-state index contributed by atoms with van der Waals surface area (Å²) >= 11 is 30.8. The van der Waals surface area contributed by atoms with Crippen molar-refractivity contribution in [1.82, 2.24) is 0 Å². The zero-order valence-electron chi connectivity index (χ0n) is 7.66. The van der Waals surface area contributed by atoms with Gasteiger partial charge in [-0.15, -0.1) is 0 Å². The van der Waals surface area contributed by atoms with E-state index in [9.17, 15) is 0 Å². The molecule has 2 nitrogen and oxygen atoms in total. The molecule has 0 heterocycles. The Balaban J connectivity index is 3.23. The molecule has 8 heteroatoms. The third-order valence-corrected chi connectivity index (χ3v) is 4.81. The van der Waals surface area contributed by atoms with Crippen molar-refractivity contribution in [2.45, 2.75) is 5.75 Å². The number of thioether (sulfide) groups is 1. The van der Waals surface area contributed by atoms with E-state index in [2.05, 4.69) is 0 Å². The maximum Gasteiger partial charge on any atom is 0.300 e. The summed E-state index contributed by atoms with van der Waals surface area (Å²) in [5, 5.41) is 6.52. The molecule has 1 aromatic rings. The Bertz CT molecular complexity index is 420.